The molecule has 0 saturated carbocycles. The first-order valence-corrected chi connectivity index (χ1v) is 6.98. The third-order valence-corrected chi connectivity index (χ3v) is 3.98. The average molecular weight is 285 g/mol. The summed E-state index contributed by atoms with van der Waals surface area (Å²) in [6.45, 7) is 0. The quantitative estimate of drug-likeness (QED) is 0.894. The monoisotopic (exact) mass is 285 g/mol. The standard InChI is InChI=1S/C17H16FNO2/c18-14-7-3-1-6-13(14)17-12(9-10-16(20)21)11-5-2-4-8-15(11)19-17/h1-8,12,17,19H,9-10H2,(H,20,21). The Morgan fingerprint density at radius 1 is 1.10 bits per heavy atom. The summed E-state index contributed by atoms with van der Waals surface area (Å²) in [5, 5.41) is 12.3. The smallest absolute Gasteiger partial charge is 0.303 e. The van der Waals surface area contributed by atoms with Gasteiger partial charge in [0.1, 0.15) is 5.82 Å². The molecule has 21 heavy (non-hydrogen) atoms. The topological polar surface area (TPSA) is 49.3 Å². The van der Waals surface area contributed by atoms with Crippen molar-refractivity contribution in [2.45, 2.75) is 24.8 Å². The van der Waals surface area contributed by atoms with Crippen molar-refractivity contribution >= 4 is 11.7 Å². The molecular formula is C17H16FNO2. The molecule has 3 nitrogen and oxygen atoms in total. The van der Waals surface area contributed by atoms with Gasteiger partial charge in [-0.05, 0) is 24.1 Å². The van der Waals surface area contributed by atoms with Gasteiger partial charge >= 0.3 is 5.97 Å². The van der Waals surface area contributed by atoms with Gasteiger partial charge in [0.15, 0.2) is 0 Å². The number of halogens is 1. The van der Waals surface area contributed by atoms with Gasteiger partial charge in [-0.25, -0.2) is 4.39 Å². The fourth-order valence-electron chi connectivity index (χ4n) is 3.02. The fraction of sp³-hybridized carbons (Fsp3) is 0.235. The van der Waals surface area contributed by atoms with E-state index < -0.39 is 5.97 Å². The van der Waals surface area contributed by atoms with Crippen LogP contribution in [0.2, 0.25) is 0 Å². The van der Waals surface area contributed by atoms with Crippen LogP contribution in [0, 0.1) is 5.82 Å². The predicted molar refractivity (Wildman–Crippen MR) is 78.8 cm³/mol. The molecule has 0 aromatic heterocycles. The molecule has 0 saturated heterocycles. The number of carboxylic acid groups (broad SMARTS) is 1. The summed E-state index contributed by atoms with van der Waals surface area (Å²) in [6, 6.07) is 14.2. The molecule has 1 aliphatic heterocycles. The largest absolute Gasteiger partial charge is 0.481 e. The van der Waals surface area contributed by atoms with E-state index in [1.54, 1.807) is 18.2 Å². The second-order valence-electron chi connectivity index (χ2n) is 5.27. The number of fused-ring (bicyclic) bond motifs is 1. The van der Waals surface area contributed by atoms with Gasteiger partial charge in [0, 0.05) is 23.6 Å². The van der Waals surface area contributed by atoms with Gasteiger partial charge in [-0.2, -0.15) is 0 Å². The molecule has 0 aliphatic carbocycles. The summed E-state index contributed by atoms with van der Waals surface area (Å²) < 4.78 is 14.1. The highest BCUT2D eigenvalue weighted by atomic mass is 19.1. The Hall–Kier alpha value is -2.36. The number of rotatable bonds is 4. The maximum Gasteiger partial charge on any atom is 0.303 e. The Balaban J connectivity index is 1.97. The third kappa shape index (κ3) is 2.61. The van der Waals surface area contributed by atoms with Gasteiger partial charge in [-0.1, -0.05) is 36.4 Å². The molecule has 2 N–H and O–H groups in total. The van der Waals surface area contributed by atoms with Crippen molar-refractivity contribution in [3.63, 3.8) is 0 Å². The SMILES string of the molecule is O=C(O)CCC1c2ccccc2NC1c1ccccc1F. The van der Waals surface area contributed by atoms with Gasteiger partial charge < -0.3 is 10.4 Å². The van der Waals surface area contributed by atoms with E-state index >= 15 is 0 Å². The van der Waals surface area contributed by atoms with Gasteiger partial charge in [0.25, 0.3) is 0 Å². The molecule has 0 radical (unpaired) electrons. The second kappa shape index (κ2) is 5.56. The van der Waals surface area contributed by atoms with Crippen molar-refractivity contribution in [3.8, 4) is 0 Å². The van der Waals surface area contributed by atoms with Crippen molar-refractivity contribution < 1.29 is 14.3 Å². The van der Waals surface area contributed by atoms with Crippen molar-refractivity contribution in [3.05, 3.63) is 65.5 Å². The van der Waals surface area contributed by atoms with Crippen LogP contribution >= 0.6 is 0 Å². The molecule has 0 spiro atoms. The predicted octanol–water partition coefficient (Wildman–Crippen LogP) is 3.94. The lowest BCUT2D eigenvalue weighted by Gasteiger charge is -2.21. The zero-order chi connectivity index (χ0) is 14.8. The fourth-order valence-corrected chi connectivity index (χ4v) is 3.02. The molecule has 2 aromatic carbocycles. The van der Waals surface area contributed by atoms with Crippen LogP contribution in [0.25, 0.3) is 0 Å². The van der Waals surface area contributed by atoms with E-state index in [0.717, 1.165) is 11.3 Å². The van der Waals surface area contributed by atoms with Crippen molar-refractivity contribution in [1.82, 2.24) is 0 Å². The van der Waals surface area contributed by atoms with Crippen LogP contribution in [0.4, 0.5) is 10.1 Å². The highest BCUT2D eigenvalue weighted by Gasteiger charge is 2.34. The molecule has 0 fully saturated rings. The molecule has 1 aliphatic rings. The molecule has 2 unspecified atom stereocenters. The summed E-state index contributed by atoms with van der Waals surface area (Å²) in [6.07, 6.45) is 0.560. The average Bonchev–Trinajstić information content (AvgIpc) is 2.84. The maximum atomic E-state index is 14.1. The van der Waals surface area contributed by atoms with Crippen LogP contribution in [0.15, 0.2) is 48.5 Å². The van der Waals surface area contributed by atoms with E-state index in [-0.39, 0.29) is 24.2 Å². The number of benzene rings is 2. The first kappa shape index (κ1) is 13.6. The van der Waals surface area contributed by atoms with E-state index in [1.165, 1.54) is 6.07 Å². The molecular weight excluding hydrogens is 269 g/mol. The molecule has 108 valence electrons. The van der Waals surface area contributed by atoms with E-state index in [0.29, 0.717) is 12.0 Å². The first-order chi connectivity index (χ1) is 10.2. The van der Waals surface area contributed by atoms with E-state index in [1.807, 2.05) is 24.3 Å². The Morgan fingerprint density at radius 2 is 1.76 bits per heavy atom. The molecule has 1 heterocycles. The van der Waals surface area contributed by atoms with Crippen LogP contribution < -0.4 is 5.32 Å². The highest BCUT2D eigenvalue weighted by Crippen LogP contribution is 2.46. The number of carboxylic acids is 1. The van der Waals surface area contributed by atoms with E-state index in [9.17, 15) is 9.18 Å². The third-order valence-electron chi connectivity index (χ3n) is 3.98. The van der Waals surface area contributed by atoms with E-state index in [4.69, 9.17) is 5.11 Å². The van der Waals surface area contributed by atoms with Gasteiger partial charge in [-0.15, -0.1) is 0 Å². The first-order valence-electron chi connectivity index (χ1n) is 6.98. The Kier molecular flexibility index (Phi) is 3.60. The zero-order valence-corrected chi connectivity index (χ0v) is 11.4. The lowest BCUT2D eigenvalue weighted by molar-refractivity contribution is -0.137. The number of anilines is 1. The number of hydrogen-bond donors (Lipinski definition) is 2. The minimum atomic E-state index is -0.827. The Morgan fingerprint density at radius 3 is 2.48 bits per heavy atom. The number of para-hydroxylation sites is 1. The maximum absolute atomic E-state index is 14.1. The summed E-state index contributed by atoms with van der Waals surface area (Å²) in [5.41, 5.74) is 2.61. The van der Waals surface area contributed by atoms with Crippen LogP contribution in [-0.2, 0) is 4.79 Å². The van der Waals surface area contributed by atoms with Crippen LogP contribution in [0.5, 0.6) is 0 Å². The lowest BCUT2D eigenvalue weighted by atomic mass is 9.87. The number of aliphatic carboxylic acids is 1. The summed E-state index contributed by atoms with van der Waals surface area (Å²) in [7, 11) is 0. The van der Waals surface area contributed by atoms with Crippen LogP contribution in [0.1, 0.15) is 35.9 Å². The molecule has 4 heteroatoms. The van der Waals surface area contributed by atoms with Gasteiger partial charge in [-0.3, -0.25) is 4.79 Å². The van der Waals surface area contributed by atoms with Crippen molar-refractivity contribution in [2.75, 3.05) is 5.32 Å². The van der Waals surface area contributed by atoms with Gasteiger partial charge in [0.2, 0.25) is 0 Å². The van der Waals surface area contributed by atoms with E-state index in [2.05, 4.69) is 5.32 Å². The highest BCUT2D eigenvalue weighted by molar-refractivity contribution is 5.67. The Bertz CT molecular complexity index is 671. The normalized spacial score (nSPS) is 19.9. The Labute approximate surface area is 122 Å². The number of nitrogens with one attached hydrogen (secondary N) is 1. The second-order valence-corrected chi connectivity index (χ2v) is 5.27. The van der Waals surface area contributed by atoms with Crippen LogP contribution in [-0.4, -0.2) is 11.1 Å². The summed E-state index contributed by atoms with van der Waals surface area (Å²) in [5.74, 6) is -1.12. The minimum Gasteiger partial charge on any atom is -0.481 e. The number of hydrogen-bond acceptors (Lipinski definition) is 2. The van der Waals surface area contributed by atoms with Crippen molar-refractivity contribution in [1.29, 1.82) is 0 Å². The zero-order valence-electron chi connectivity index (χ0n) is 11.4. The molecule has 2 aromatic rings. The molecule has 3 rings (SSSR count). The van der Waals surface area contributed by atoms with Crippen molar-refractivity contribution in [2.24, 2.45) is 0 Å². The number of carbonyl (C=O) groups is 1. The molecule has 0 bridgehead atoms. The summed E-state index contributed by atoms with van der Waals surface area (Å²) >= 11 is 0. The molecule has 2 atom stereocenters. The summed E-state index contributed by atoms with van der Waals surface area (Å²) in [4.78, 5) is 10.9. The minimum absolute atomic E-state index is 0.0331. The van der Waals surface area contributed by atoms with Gasteiger partial charge in [0.05, 0.1) is 6.04 Å². The lowest BCUT2D eigenvalue weighted by Crippen LogP contribution is -2.14. The van der Waals surface area contributed by atoms with Crippen LogP contribution in [0.3, 0.4) is 0 Å². The molecule has 0 amide bonds.